The first-order chi connectivity index (χ1) is 16.5. The molecule has 166 valence electrons. The van der Waals surface area contributed by atoms with Crippen molar-refractivity contribution in [2.24, 2.45) is 0 Å². The van der Waals surface area contributed by atoms with Gasteiger partial charge in [0.25, 0.3) is 11.1 Å². The summed E-state index contributed by atoms with van der Waals surface area (Å²) in [5.41, 5.74) is 5.10. The van der Waals surface area contributed by atoms with Crippen LogP contribution < -0.4 is 0 Å². The van der Waals surface area contributed by atoms with Gasteiger partial charge in [-0.25, -0.2) is 0 Å². The number of imide groups is 1. The van der Waals surface area contributed by atoms with E-state index in [1.165, 1.54) is 10.3 Å². The molecule has 3 aromatic carbocycles. The van der Waals surface area contributed by atoms with Crippen LogP contribution >= 0.6 is 11.8 Å². The molecule has 0 unspecified atom stereocenters. The molecule has 0 bridgehead atoms. The Balaban J connectivity index is 1.46. The quantitative estimate of drug-likeness (QED) is 0.331. The zero-order valence-electron chi connectivity index (χ0n) is 18.8. The Morgan fingerprint density at radius 3 is 2.47 bits per heavy atom. The Bertz CT molecular complexity index is 1540. The molecule has 0 aliphatic carbocycles. The average molecular weight is 464 g/mol. The Hall–Kier alpha value is -4.08. The lowest BCUT2D eigenvalue weighted by Crippen LogP contribution is -2.27. The number of rotatable bonds is 4. The Morgan fingerprint density at radius 1 is 0.941 bits per heavy atom. The first kappa shape index (κ1) is 21.7. The molecular formula is C28H21N3O2S. The van der Waals surface area contributed by atoms with E-state index < -0.39 is 0 Å². The van der Waals surface area contributed by atoms with Crippen molar-refractivity contribution >= 4 is 39.8 Å². The van der Waals surface area contributed by atoms with E-state index in [4.69, 9.17) is 0 Å². The SMILES string of the molecule is Cc1cc(/C=C2/SC(=O)N(Cc3ccccc3C#N)C2=O)c(C)n1-c1ccc2ccccc2c1. The lowest BCUT2D eigenvalue weighted by Gasteiger charge is -2.13. The summed E-state index contributed by atoms with van der Waals surface area (Å²) < 4.78 is 2.16. The van der Waals surface area contributed by atoms with Gasteiger partial charge in [0.2, 0.25) is 0 Å². The predicted octanol–water partition coefficient (Wildman–Crippen LogP) is 6.36. The minimum Gasteiger partial charge on any atom is -0.318 e. The van der Waals surface area contributed by atoms with E-state index in [0.29, 0.717) is 16.0 Å². The molecule has 1 aliphatic heterocycles. The van der Waals surface area contributed by atoms with E-state index in [2.05, 4.69) is 41.0 Å². The number of benzene rings is 3. The molecule has 1 fully saturated rings. The summed E-state index contributed by atoms with van der Waals surface area (Å²) in [6.45, 7) is 4.13. The molecule has 2 amide bonds. The van der Waals surface area contributed by atoms with E-state index >= 15 is 0 Å². The van der Waals surface area contributed by atoms with Crippen LogP contribution in [0.4, 0.5) is 4.79 Å². The van der Waals surface area contributed by atoms with Crippen LogP contribution in [-0.4, -0.2) is 20.6 Å². The molecule has 1 aromatic heterocycles. The van der Waals surface area contributed by atoms with Crippen LogP contribution in [0.2, 0.25) is 0 Å². The molecule has 0 N–H and O–H groups in total. The van der Waals surface area contributed by atoms with Gasteiger partial charge in [-0.1, -0.05) is 48.5 Å². The van der Waals surface area contributed by atoms with Gasteiger partial charge < -0.3 is 4.57 Å². The zero-order valence-corrected chi connectivity index (χ0v) is 19.6. The number of aryl methyl sites for hydroxylation is 1. The summed E-state index contributed by atoms with van der Waals surface area (Å²) in [4.78, 5) is 27.3. The van der Waals surface area contributed by atoms with Crippen LogP contribution in [0.25, 0.3) is 22.5 Å². The fourth-order valence-corrected chi connectivity index (χ4v) is 5.19. The normalized spacial score (nSPS) is 14.9. The monoisotopic (exact) mass is 463 g/mol. The Kier molecular flexibility index (Phi) is 5.56. The smallest absolute Gasteiger partial charge is 0.293 e. The van der Waals surface area contributed by atoms with Crippen molar-refractivity contribution in [2.75, 3.05) is 0 Å². The van der Waals surface area contributed by atoms with Gasteiger partial charge in [-0.3, -0.25) is 14.5 Å². The molecule has 1 saturated heterocycles. The Morgan fingerprint density at radius 2 is 1.68 bits per heavy atom. The summed E-state index contributed by atoms with van der Waals surface area (Å²) in [7, 11) is 0. The van der Waals surface area contributed by atoms with Gasteiger partial charge in [-0.15, -0.1) is 0 Å². The van der Waals surface area contributed by atoms with Crippen LogP contribution in [0.1, 0.15) is 28.1 Å². The summed E-state index contributed by atoms with van der Waals surface area (Å²) in [6.07, 6.45) is 1.79. The van der Waals surface area contributed by atoms with Crippen molar-refractivity contribution in [2.45, 2.75) is 20.4 Å². The number of nitriles is 1. The van der Waals surface area contributed by atoms with Crippen molar-refractivity contribution < 1.29 is 9.59 Å². The Labute approximate surface area is 201 Å². The predicted molar refractivity (Wildman–Crippen MR) is 135 cm³/mol. The third kappa shape index (κ3) is 3.81. The lowest BCUT2D eigenvalue weighted by atomic mass is 10.1. The molecule has 5 nitrogen and oxygen atoms in total. The zero-order chi connectivity index (χ0) is 23.8. The van der Waals surface area contributed by atoms with E-state index in [0.717, 1.165) is 39.8 Å². The van der Waals surface area contributed by atoms with Gasteiger partial charge in [0, 0.05) is 17.1 Å². The molecular weight excluding hydrogens is 442 g/mol. The molecule has 5 rings (SSSR count). The second kappa shape index (κ2) is 8.69. The van der Waals surface area contributed by atoms with Crippen LogP contribution in [0, 0.1) is 25.2 Å². The van der Waals surface area contributed by atoms with Crippen molar-refractivity contribution in [1.82, 2.24) is 9.47 Å². The fraction of sp³-hybridized carbons (Fsp3) is 0.107. The highest BCUT2D eigenvalue weighted by Gasteiger charge is 2.35. The third-order valence-corrected chi connectivity index (χ3v) is 7.00. The molecule has 2 heterocycles. The highest BCUT2D eigenvalue weighted by atomic mass is 32.2. The number of hydrogen-bond donors (Lipinski definition) is 0. The van der Waals surface area contributed by atoms with Crippen molar-refractivity contribution in [3.63, 3.8) is 0 Å². The van der Waals surface area contributed by atoms with Crippen molar-refractivity contribution in [3.05, 3.63) is 106 Å². The highest BCUT2D eigenvalue weighted by Crippen LogP contribution is 2.35. The van der Waals surface area contributed by atoms with Crippen molar-refractivity contribution in [1.29, 1.82) is 5.26 Å². The topological polar surface area (TPSA) is 66.1 Å². The standard InChI is InChI=1S/C28H21N3O2S/c1-18-13-24(19(2)31(18)25-12-11-20-7-3-4-8-21(20)14-25)15-26-27(32)30(28(33)34-26)17-23-10-6-5-9-22(23)16-29/h3-15H,17H2,1-2H3/b26-15+. The van der Waals surface area contributed by atoms with Crippen molar-refractivity contribution in [3.8, 4) is 11.8 Å². The number of thioether (sulfide) groups is 1. The first-order valence-corrected chi connectivity index (χ1v) is 11.7. The van der Waals surface area contributed by atoms with Gasteiger partial charge >= 0.3 is 0 Å². The molecule has 4 aromatic rings. The number of carbonyl (C=O) groups is 2. The summed E-state index contributed by atoms with van der Waals surface area (Å²) in [5, 5.41) is 11.3. The van der Waals surface area contributed by atoms with E-state index in [-0.39, 0.29) is 17.7 Å². The molecule has 0 saturated carbocycles. The maximum absolute atomic E-state index is 13.1. The van der Waals surface area contributed by atoms with Gasteiger partial charge in [0.1, 0.15) is 0 Å². The summed E-state index contributed by atoms with van der Waals surface area (Å²) in [6, 6.07) is 25.7. The maximum atomic E-state index is 13.1. The number of nitrogens with zero attached hydrogens (tertiary/aromatic N) is 3. The second-order valence-electron chi connectivity index (χ2n) is 8.23. The largest absolute Gasteiger partial charge is 0.318 e. The second-order valence-corrected chi connectivity index (χ2v) is 9.22. The minimum atomic E-state index is -0.335. The highest BCUT2D eigenvalue weighted by molar-refractivity contribution is 8.18. The molecule has 0 spiro atoms. The first-order valence-electron chi connectivity index (χ1n) is 10.9. The molecule has 6 heteroatoms. The van der Waals surface area contributed by atoms with Gasteiger partial charge in [-0.05, 0) is 77.9 Å². The number of amides is 2. The van der Waals surface area contributed by atoms with Crippen LogP contribution in [0.15, 0.2) is 77.7 Å². The lowest BCUT2D eigenvalue weighted by molar-refractivity contribution is -0.123. The van der Waals surface area contributed by atoms with E-state index in [9.17, 15) is 14.9 Å². The van der Waals surface area contributed by atoms with Crippen LogP contribution in [0.5, 0.6) is 0 Å². The molecule has 1 aliphatic rings. The summed E-state index contributed by atoms with van der Waals surface area (Å²) in [5.74, 6) is -0.335. The molecule has 0 atom stereocenters. The average Bonchev–Trinajstić information content (AvgIpc) is 3.27. The number of fused-ring (bicyclic) bond motifs is 1. The van der Waals surface area contributed by atoms with Crippen LogP contribution in [0.3, 0.4) is 0 Å². The van der Waals surface area contributed by atoms with Crippen LogP contribution in [-0.2, 0) is 11.3 Å². The molecule has 34 heavy (non-hydrogen) atoms. The van der Waals surface area contributed by atoms with E-state index in [1.54, 1.807) is 30.3 Å². The number of aromatic nitrogens is 1. The van der Waals surface area contributed by atoms with Gasteiger partial charge in [0.15, 0.2) is 0 Å². The summed E-state index contributed by atoms with van der Waals surface area (Å²) >= 11 is 0.937. The fourth-order valence-electron chi connectivity index (χ4n) is 4.36. The number of carbonyl (C=O) groups excluding carboxylic acids is 2. The minimum absolute atomic E-state index is 0.0852. The molecule has 0 radical (unpaired) electrons. The maximum Gasteiger partial charge on any atom is 0.293 e. The number of hydrogen-bond acceptors (Lipinski definition) is 4. The third-order valence-electron chi connectivity index (χ3n) is 6.09. The van der Waals surface area contributed by atoms with Gasteiger partial charge in [0.05, 0.1) is 23.1 Å². The van der Waals surface area contributed by atoms with Gasteiger partial charge in [-0.2, -0.15) is 5.26 Å². The van der Waals surface area contributed by atoms with E-state index in [1.807, 2.05) is 32.0 Å².